The van der Waals surface area contributed by atoms with Crippen LogP contribution in [0.15, 0.2) is 297 Å². The zero-order chi connectivity index (χ0) is 51.2. The number of para-hydroxylation sites is 3. The van der Waals surface area contributed by atoms with Crippen LogP contribution in [0, 0.1) is 5.92 Å². The van der Waals surface area contributed by atoms with Crippen LogP contribution in [0.1, 0.15) is 13.0 Å². The van der Waals surface area contributed by atoms with Gasteiger partial charge in [-0.3, -0.25) is 0 Å². The van der Waals surface area contributed by atoms with Gasteiger partial charge in [-0.1, -0.05) is 195 Å². The molecule has 11 aromatic carbocycles. The highest BCUT2D eigenvalue weighted by molar-refractivity contribution is 6.11. The van der Waals surface area contributed by atoms with Crippen molar-refractivity contribution in [3.8, 4) is 39.1 Å². The molecule has 0 amide bonds. The van der Waals surface area contributed by atoms with Gasteiger partial charge in [0.1, 0.15) is 0 Å². The van der Waals surface area contributed by atoms with Crippen LogP contribution in [0.4, 0.5) is 34.1 Å². The molecule has 2 heterocycles. The van der Waals surface area contributed by atoms with Crippen LogP contribution in [0.3, 0.4) is 0 Å². The zero-order valence-electron chi connectivity index (χ0n) is 42.7. The number of fused-ring (bicyclic) bond motifs is 6. The normalized spacial score (nSPS) is 14.2. The summed E-state index contributed by atoms with van der Waals surface area (Å²) in [7, 11) is 0. The molecular weight excluding hydrogens is 933 g/mol. The second-order valence-corrected chi connectivity index (χ2v) is 20.2. The van der Waals surface area contributed by atoms with Gasteiger partial charge in [0.2, 0.25) is 0 Å². The van der Waals surface area contributed by atoms with E-state index in [9.17, 15) is 0 Å². The summed E-state index contributed by atoms with van der Waals surface area (Å²) in [5, 5.41) is 4.94. The summed E-state index contributed by atoms with van der Waals surface area (Å²) in [4.78, 5) is 4.78. The van der Waals surface area contributed by atoms with Gasteiger partial charge in [0, 0.05) is 72.4 Å². The molecule has 13 aromatic rings. The van der Waals surface area contributed by atoms with E-state index < -0.39 is 0 Å². The van der Waals surface area contributed by atoms with Gasteiger partial charge in [0.15, 0.2) is 0 Å². The van der Waals surface area contributed by atoms with E-state index in [1.165, 1.54) is 65.9 Å². The Balaban J connectivity index is 0.840. The van der Waals surface area contributed by atoms with Crippen molar-refractivity contribution in [1.29, 1.82) is 0 Å². The molecule has 0 spiro atoms. The number of rotatable bonds is 11. The van der Waals surface area contributed by atoms with Crippen LogP contribution in [0.25, 0.3) is 82.7 Å². The highest BCUT2D eigenvalue weighted by Crippen LogP contribution is 2.44. The van der Waals surface area contributed by atoms with E-state index >= 15 is 0 Å². The van der Waals surface area contributed by atoms with Crippen molar-refractivity contribution in [3.63, 3.8) is 0 Å². The lowest BCUT2D eigenvalue weighted by Gasteiger charge is -2.27. The number of allylic oxidation sites excluding steroid dienone is 4. The molecule has 0 fully saturated rings. The summed E-state index contributed by atoms with van der Waals surface area (Å²) < 4.78 is 4.91. The summed E-state index contributed by atoms with van der Waals surface area (Å²) >= 11 is 0. The Morgan fingerprint density at radius 1 is 0.286 bits per heavy atom. The fourth-order valence-corrected chi connectivity index (χ4v) is 11.8. The summed E-state index contributed by atoms with van der Waals surface area (Å²) in [6.07, 6.45) is 9.01. The molecule has 77 heavy (non-hydrogen) atoms. The van der Waals surface area contributed by atoms with Gasteiger partial charge in [-0.15, -0.1) is 0 Å². The van der Waals surface area contributed by atoms with E-state index in [-0.39, 0.29) is 6.04 Å². The molecular formula is C73H54N4. The fraction of sp³-hybridized carbons (Fsp3) is 0.0411. The van der Waals surface area contributed by atoms with Crippen LogP contribution < -0.4 is 9.80 Å². The molecule has 0 N–H and O–H groups in total. The largest absolute Gasteiger partial charge is 0.333 e. The first-order valence-corrected chi connectivity index (χ1v) is 26.7. The van der Waals surface area contributed by atoms with Crippen molar-refractivity contribution in [1.82, 2.24) is 9.13 Å². The quantitative estimate of drug-likeness (QED) is 0.128. The van der Waals surface area contributed by atoms with Gasteiger partial charge >= 0.3 is 0 Å². The Morgan fingerprint density at radius 2 is 0.623 bits per heavy atom. The second kappa shape index (κ2) is 19.4. The summed E-state index contributed by atoms with van der Waals surface area (Å²) in [6.45, 7) is 2.31. The molecule has 1 aliphatic carbocycles. The third-order valence-electron chi connectivity index (χ3n) is 15.6. The Hall–Kier alpha value is -9.90. The third-order valence-corrected chi connectivity index (χ3v) is 15.6. The van der Waals surface area contributed by atoms with Crippen molar-refractivity contribution >= 4 is 77.7 Å². The molecule has 0 bridgehead atoms. The predicted octanol–water partition coefficient (Wildman–Crippen LogP) is 20.1. The van der Waals surface area contributed by atoms with Crippen molar-refractivity contribution in [2.45, 2.75) is 13.0 Å². The molecule has 0 aliphatic heterocycles. The molecule has 366 valence electrons. The minimum Gasteiger partial charge on any atom is -0.333 e. The topological polar surface area (TPSA) is 16.3 Å². The summed E-state index contributed by atoms with van der Waals surface area (Å²) in [6, 6.07) is 99.7. The van der Waals surface area contributed by atoms with E-state index in [1.807, 2.05) is 0 Å². The van der Waals surface area contributed by atoms with E-state index in [2.05, 4.69) is 323 Å². The number of benzene rings is 11. The van der Waals surface area contributed by atoms with Crippen LogP contribution in [-0.2, 0) is 0 Å². The molecule has 0 radical (unpaired) electrons. The van der Waals surface area contributed by atoms with E-state index in [4.69, 9.17) is 0 Å². The third kappa shape index (κ3) is 8.28. The zero-order valence-corrected chi connectivity index (χ0v) is 42.7. The lowest BCUT2D eigenvalue weighted by Crippen LogP contribution is -2.15. The number of nitrogens with zero attached hydrogens (tertiary/aromatic N) is 4. The lowest BCUT2D eigenvalue weighted by atomic mass is 9.96. The summed E-state index contributed by atoms with van der Waals surface area (Å²) in [5.41, 5.74) is 19.6. The van der Waals surface area contributed by atoms with Gasteiger partial charge in [-0.05, 0) is 148 Å². The first kappa shape index (κ1) is 45.7. The Morgan fingerprint density at radius 3 is 1.10 bits per heavy atom. The minimum absolute atomic E-state index is 0.231. The van der Waals surface area contributed by atoms with Crippen LogP contribution in [0.2, 0.25) is 0 Å². The van der Waals surface area contributed by atoms with Crippen LogP contribution in [-0.4, -0.2) is 9.13 Å². The van der Waals surface area contributed by atoms with E-state index in [0.29, 0.717) is 5.92 Å². The molecule has 4 nitrogen and oxygen atoms in total. The predicted molar refractivity (Wildman–Crippen MR) is 326 cm³/mol. The molecule has 14 rings (SSSR count). The smallest absolute Gasteiger partial charge is 0.0585 e. The van der Waals surface area contributed by atoms with Crippen LogP contribution in [0.5, 0.6) is 0 Å². The van der Waals surface area contributed by atoms with Gasteiger partial charge in [0.25, 0.3) is 0 Å². The molecule has 2 aromatic heterocycles. The van der Waals surface area contributed by atoms with Crippen molar-refractivity contribution in [3.05, 3.63) is 297 Å². The molecule has 0 saturated heterocycles. The first-order chi connectivity index (χ1) is 38.1. The molecule has 4 heteroatoms. The highest BCUT2D eigenvalue weighted by Gasteiger charge is 2.24. The number of hydrogen-bond donors (Lipinski definition) is 0. The molecule has 0 saturated carbocycles. The Kier molecular flexibility index (Phi) is 11.5. The van der Waals surface area contributed by atoms with E-state index in [0.717, 1.165) is 50.9 Å². The fourth-order valence-electron chi connectivity index (χ4n) is 11.8. The average Bonchev–Trinajstić information content (AvgIpc) is 4.11. The minimum atomic E-state index is 0.231. The first-order valence-electron chi connectivity index (χ1n) is 26.7. The van der Waals surface area contributed by atoms with Crippen molar-refractivity contribution in [2.24, 2.45) is 5.92 Å². The van der Waals surface area contributed by atoms with Gasteiger partial charge in [-0.25, -0.2) is 0 Å². The van der Waals surface area contributed by atoms with Gasteiger partial charge < -0.3 is 18.9 Å². The monoisotopic (exact) mass is 986 g/mol. The van der Waals surface area contributed by atoms with Crippen LogP contribution >= 0.6 is 0 Å². The van der Waals surface area contributed by atoms with Crippen molar-refractivity contribution < 1.29 is 0 Å². The van der Waals surface area contributed by atoms with Crippen molar-refractivity contribution in [2.75, 3.05) is 9.80 Å². The van der Waals surface area contributed by atoms with Gasteiger partial charge in [0.05, 0.1) is 17.1 Å². The summed E-state index contributed by atoms with van der Waals surface area (Å²) in [5.74, 6) is 0.375. The Bertz CT molecular complexity index is 4300. The standard InChI is InChI=1S/C73H54N4/c1-51-17-11-14-26-69(51)77-71-28-16-13-25-66(71)68-50-64(46-48-73(68)77)75(60-39-31-55(32-40-60)53-20-7-3-8-21-53)62-43-35-57(36-44-62)56-33-41-61(42-34-56)74(59-37-29-54(30-38-59)52-18-5-2-6-19-52)63-45-47-72-67(49-63)65-24-12-15-27-70(65)76(72)58-22-9-4-10-23-58/h2-51,69H,1H3. The number of aromatic nitrogens is 2. The second-order valence-electron chi connectivity index (χ2n) is 20.2. The molecule has 2 unspecified atom stereocenters. The highest BCUT2D eigenvalue weighted by atomic mass is 15.1. The Labute approximate surface area is 449 Å². The lowest BCUT2D eigenvalue weighted by molar-refractivity contribution is 0.510. The molecule has 1 aliphatic rings. The SMILES string of the molecule is CC1C=CC=CC1n1c2ccccc2c2cc(N(c3ccc(-c4ccccc4)cc3)c3ccc(-c4ccc(N(c5ccc(-c6ccccc6)cc5)c5ccc6c(c5)c5ccccc5n6-c5ccccc5)cc4)cc3)ccc21. The maximum absolute atomic E-state index is 2.53. The number of hydrogen-bond acceptors (Lipinski definition) is 2. The van der Waals surface area contributed by atoms with Gasteiger partial charge in [-0.2, -0.15) is 0 Å². The van der Waals surface area contributed by atoms with E-state index in [1.54, 1.807) is 0 Å². The number of anilines is 6. The average molecular weight is 987 g/mol. The molecule has 2 atom stereocenters. The maximum Gasteiger partial charge on any atom is 0.0585 e. The maximum atomic E-state index is 2.53.